The lowest BCUT2D eigenvalue weighted by molar-refractivity contribution is -0.134. The summed E-state index contributed by atoms with van der Waals surface area (Å²) in [5, 5.41) is 3.69. The molecule has 1 aliphatic heterocycles. The van der Waals surface area contributed by atoms with Crippen molar-refractivity contribution in [2.75, 3.05) is 24.1 Å². The van der Waals surface area contributed by atoms with Crippen LogP contribution >= 0.6 is 0 Å². The highest BCUT2D eigenvalue weighted by atomic mass is 16.2. The predicted octanol–water partition coefficient (Wildman–Crippen LogP) is 4.78. The van der Waals surface area contributed by atoms with Crippen LogP contribution in [0.15, 0.2) is 48.8 Å². The summed E-state index contributed by atoms with van der Waals surface area (Å²) in [6.07, 6.45) is 7.43. The number of hydrogen-bond acceptors (Lipinski definition) is 5. The first-order chi connectivity index (χ1) is 17.8. The molecule has 2 aliphatic rings. The van der Waals surface area contributed by atoms with Gasteiger partial charge in [-0.3, -0.25) is 9.59 Å². The van der Waals surface area contributed by atoms with Crippen LogP contribution < -0.4 is 11.1 Å². The first-order valence-electron chi connectivity index (χ1n) is 12.9. The molecule has 0 saturated carbocycles. The number of carbonyl (C=O) groups excluding carboxylic acids is 2. The zero-order valence-electron chi connectivity index (χ0n) is 21.8. The number of likely N-dealkylation sites (tertiary alicyclic amines) is 1. The minimum Gasteiger partial charge on any atom is -0.383 e. The summed E-state index contributed by atoms with van der Waals surface area (Å²) >= 11 is 0. The summed E-state index contributed by atoms with van der Waals surface area (Å²) in [7, 11) is 1.98. The zero-order valence-corrected chi connectivity index (χ0v) is 21.8. The van der Waals surface area contributed by atoms with Crippen molar-refractivity contribution in [1.82, 2.24) is 19.4 Å². The molecule has 1 fully saturated rings. The second kappa shape index (κ2) is 9.84. The van der Waals surface area contributed by atoms with Gasteiger partial charge in [-0.15, -0.1) is 0 Å². The monoisotopic (exact) mass is 498 g/mol. The molecule has 37 heavy (non-hydrogen) atoms. The summed E-state index contributed by atoms with van der Waals surface area (Å²) in [5.74, 6) is 0.701. The van der Waals surface area contributed by atoms with E-state index in [2.05, 4.69) is 39.4 Å². The Kier molecular flexibility index (Phi) is 6.58. The molecule has 0 bridgehead atoms. The van der Waals surface area contributed by atoms with Gasteiger partial charge in [0.2, 0.25) is 5.91 Å². The van der Waals surface area contributed by atoms with Gasteiger partial charge < -0.3 is 20.5 Å². The molecule has 1 saturated heterocycles. The van der Waals surface area contributed by atoms with Crippen molar-refractivity contribution >= 4 is 39.9 Å². The van der Waals surface area contributed by atoms with Crippen LogP contribution in [0.3, 0.4) is 0 Å². The van der Waals surface area contributed by atoms with E-state index in [1.165, 1.54) is 11.9 Å². The molecule has 1 aliphatic carbocycles. The fraction of sp³-hybridized carbons (Fsp3) is 0.379. The molecule has 3 N–H and O–H groups in total. The predicted molar refractivity (Wildman–Crippen MR) is 147 cm³/mol. The topological polar surface area (TPSA) is 106 Å². The largest absolute Gasteiger partial charge is 0.383 e. The van der Waals surface area contributed by atoms with E-state index in [0.717, 1.165) is 60.2 Å². The van der Waals surface area contributed by atoms with Gasteiger partial charge in [0.25, 0.3) is 5.91 Å². The normalized spacial score (nSPS) is 19.6. The van der Waals surface area contributed by atoms with E-state index >= 15 is 0 Å². The maximum absolute atomic E-state index is 13.1. The number of benzene rings is 1. The number of nitrogens with one attached hydrogen (secondary N) is 1. The van der Waals surface area contributed by atoms with Crippen molar-refractivity contribution in [3.8, 4) is 11.3 Å². The van der Waals surface area contributed by atoms with E-state index in [9.17, 15) is 9.59 Å². The minimum absolute atomic E-state index is 0.0140. The molecule has 1 aromatic carbocycles. The van der Waals surface area contributed by atoms with E-state index in [1.807, 2.05) is 36.2 Å². The second-order valence-corrected chi connectivity index (χ2v) is 10.3. The zero-order chi connectivity index (χ0) is 26.3. The average molecular weight is 499 g/mol. The number of hydrogen-bond donors (Lipinski definition) is 2. The van der Waals surface area contributed by atoms with Gasteiger partial charge in [-0.1, -0.05) is 31.7 Å². The number of nitrogens with two attached hydrogens (primary N) is 1. The van der Waals surface area contributed by atoms with Gasteiger partial charge in [-0.25, -0.2) is 9.97 Å². The molecule has 0 radical (unpaired) electrons. The third-order valence-corrected chi connectivity index (χ3v) is 7.65. The first-order valence-corrected chi connectivity index (χ1v) is 12.9. The number of fused-ring (bicyclic) bond motifs is 1. The highest BCUT2D eigenvalue weighted by molar-refractivity contribution is 6.05. The van der Waals surface area contributed by atoms with E-state index < -0.39 is 0 Å². The quantitative estimate of drug-likeness (QED) is 0.492. The van der Waals surface area contributed by atoms with Crippen molar-refractivity contribution < 1.29 is 9.59 Å². The van der Waals surface area contributed by atoms with Crippen LogP contribution in [-0.2, 0) is 16.6 Å². The Bertz CT molecular complexity index is 1410. The summed E-state index contributed by atoms with van der Waals surface area (Å²) < 4.78 is 2.05. The fourth-order valence-corrected chi connectivity index (χ4v) is 5.71. The van der Waals surface area contributed by atoms with E-state index in [1.54, 1.807) is 6.92 Å². The van der Waals surface area contributed by atoms with Gasteiger partial charge in [0.05, 0.1) is 11.1 Å². The van der Waals surface area contributed by atoms with Crippen LogP contribution in [0, 0.1) is 11.8 Å². The molecule has 0 spiro atoms. The molecule has 2 aromatic heterocycles. The standard InChI is InChI=1S/C29H34N6O2/c1-17(2)28(36)33-21-10-7-19(8-11-21)25-23(24-26(30)31-16-32-27(24)34(25)4)22-12-9-20(15-18(22)3)29(37)35-13-5-6-14-35/h7-8,10-12,16,18,20H,1,5-6,9,13-15H2,2-4H3,(H,33,36)(H2,30,31,32)/t18-,20-/m1/s1. The summed E-state index contributed by atoms with van der Waals surface area (Å²) in [4.78, 5) is 36.1. The van der Waals surface area contributed by atoms with Gasteiger partial charge in [0.1, 0.15) is 17.8 Å². The van der Waals surface area contributed by atoms with E-state index in [4.69, 9.17) is 5.73 Å². The molecule has 2 amide bonds. The maximum atomic E-state index is 13.1. The van der Waals surface area contributed by atoms with E-state index in [0.29, 0.717) is 23.5 Å². The lowest BCUT2D eigenvalue weighted by Gasteiger charge is -2.30. The smallest absolute Gasteiger partial charge is 0.250 e. The number of allylic oxidation sites excluding steroid dienone is 2. The molecular weight excluding hydrogens is 464 g/mol. The number of carbonyl (C=O) groups is 2. The molecule has 2 atom stereocenters. The summed E-state index contributed by atoms with van der Waals surface area (Å²) in [6.45, 7) is 9.33. The van der Waals surface area contributed by atoms with Crippen molar-refractivity contribution in [2.45, 2.75) is 39.5 Å². The Morgan fingerprint density at radius 3 is 2.49 bits per heavy atom. The molecule has 3 aromatic rings. The Labute approximate surface area is 217 Å². The third kappa shape index (κ3) is 4.52. The number of nitrogen functional groups attached to an aromatic ring is 1. The SMILES string of the molecule is C=C(C)C(=O)Nc1ccc(-c2c(C3=CC[C@@H](C(=O)N4CCCC4)C[C@H]3C)c3c(N)ncnc3n2C)cc1. The lowest BCUT2D eigenvalue weighted by Crippen LogP contribution is -2.35. The van der Waals surface area contributed by atoms with Crippen LogP contribution in [0.1, 0.15) is 45.1 Å². The molecule has 192 valence electrons. The number of anilines is 2. The molecule has 8 heteroatoms. The van der Waals surface area contributed by atoms with Crippen LogP contribution in [0.5, 0.6) is 0 Å². The highest BCUT2D eigenvalue weighted by Gasteiger charge is 2.33. The van der Waals surface area contributed by atoms with Crippen molar-refractivity contribution in [3.63, 3.8) is 0 Å². The van der Waals surface area contributed by atoms with Crippen molar-refractivity contribution in [2.24, 2.45) is 18.9 Å². The fourth-order valence-electron chi connectivity index (χ4n) is 5.71. The number of aryl methyl sites for hydroxylation is 1. The molecule has 0 unspecified atom stereocenters. The van der Waals surface area contributed by atoms with Gasteiger partial charge in [-0.05, 0) is 61.8 Å². The van der Waals surface area contributed by atoms with Crippen LogP contribution in [-0.4, -0.2) is 44.3 Å². The Morgan fingerprint density at radius 1 is 1.14 bits per heavy atom. The lowest BCUT2D eigenvalue weighted by atomic mass is 9.77. The molecule has 3 heterocycles. The summed E-state index contributed by atoms with van der Waals surface area (Å²) in [5.41, 5.74) is 12.5. The van der Waals surface area contributed by atoms with Gasteiger partial charge in [0, 0.05) is 42.9 Å². The molecule has 5 rings (SSSR count). The van der Waals surface area contributed by atoms with Crippen LogP contribution in [0.2, 0.25) is 0 Å². The van der Waals surface area contributed by atoms with Crippen molar-refractivity contribution in [3.05, 3.63) is 54.4 Å². The minimum atomic E-state index is -0.208. The summed E-state index contributed by atoms with van der Waals surface area (Å²) in [6, 6.07) is 7.75. The average Bonchev–Trinajstić information content (AvgIpc) is 3.52. The first kappa shape index (κ1) is 24.7. The van der Waals surface area contributed by atoms with Gasteiger partial charge in [-0.2, -0.15) is 0 Å². The Hall–Kier alpha value is -3.94. The van der Waals surface area contributed by atoms with Crippen LogP contribution in [0.25, 0.3) is 27.9 Å². The number of rotatable bonds is 5. The number of amides is 2. The van der Waals surface area contributed by atoms with E-state index in [-0.39, 0.29) is 23.7 Å². The highest BCUT2D eigenvalue weighted by Crippen LogP contribution is 2.45. The maximum Gasteiger partial charge on any atom is 0.250 e. The number of nitrogens with zero attached hydrogens (tertiary/aromatic N) is 4. The van der Waals surface area contributed by atoms with Crippen molar-refractivity contribution in [1.29, 1.82) is 0 Å². The molecule has 8 nitrogen and oxygen atoms in total. The molecular formula is C29H34N6O2. The van der Waals surface area contributed by atoms with Gasteiger partial charge >= 0.3 is 0 Å². The Morgan fingerprint density at radius 2 is 1.84 bits per heavy atom. The van der Waals surface area contributed by atoms with Crippen LogP contribution in [0.4, 0.5) is 11.5 Å². The number of aromatic nitrogens is 3. The second-order valence-electron chi connectivity index (χ2n) is 10.3. The Balaban J connectivity index is 1.56. The third-order valence-electron chi connectivity index (χ3n) is 7.65. The van der Waals surface area contributed by atoms with Gasteiger partial charge in [0.15, 0.2) is 0 Å².